The standard InChI is InChI=1S/C12H13N3O5S/c1-2-15-6-11(13-7-15)21(19,20)14-9-5-8(12(17)18)3-4-10(9)16/h3-7,14,16H,2H2,1H3,(H,17,18). The molecule has 2 aromatic rings. The second-order valence-corrected chi connectivity index (χ2v) is 5.81. The molecule has 1 aromatic heterocycles. The Kier molecular flexibility index (Phi) is 3.85. The van der Waals surface area contributed by atoms with E-state index in [1.54, 1.807) is 4.57 Å². The van der Waals surface area contributed by atoms with Crippen LogP contribution in [-0.2, 0) is 16.6 Å². The summed E-state index contributed by atoms with van der Waals surface area (Å²) < 4.78 is 27.9. The van der Waals surface area contributed by atoms with Crippen molar-refractivity contribution < 1.29 is 23.4 Å². The molecule has 1 aromatic carbocycles. The van der Waals surface area contributed by atoms with Crippen molar-refractivity contribution in [3.8, 4) is 5.75 Å². The topological polar surface area (TPSA) is 122 Å². The molecule has 2 rings (SSSR count). The Bertz CT molecular complexity index is 782. The first-order chi connectivity index (χ1) is 9.83. The summed E-state index contributed by atoms with van der Waals surface area (Å²) in [5.74, 6) is -1.61. The quantitative estimate of drug-likeness (QED) is 0.711. The summed E-state index contributed by atoms with van der Waals surface area (Å²) in [7, 11) is -4.00. The third-order valence-electron chi connectivity index (χ3n) is 2.74. The average Bonchev–Trinajstić information content (AvgIpc) is 2.90. The number of aryl methyl sites for hydroxylation is 1. The largest absolute Gasteiger partial charge is 0.506 e. The van der Waals surface area contributed by atoms with Crippen molar-refractivity contribution >= 4 is 21.7 Å². The van der Waals surface area contributed by atoms with E-state index in [-0.39, 0.29) is 22.0 Å². The predicted octanol–water partition coefficient (Wildman–Crippen LogP) is 1.11. The Hall–Kier alpha value is -2.55. The number of rotatable bonds is 5. The molecule has 0 radical (unpaired) electrons. The highest BCUT2D eigenvalue weighted by Crippen LogP contribution is 2.26. The number of hydrogen-bond donors (Lipinski definition) is 3. The van der Waals surface area contributed by atoms with Crippen LogP contribution in [0.3, 0.4) is 0 Å². The molecule has 3 N–H and O–H groups in total. The van der Waals surface area contributed by atoms with Crippen LogP contribution in [0.2, 0.25) is 0 Å². The molecular formula is C12H13N3O5S. The highest BCUT2D eigenvalue weighted by atomic mass is 32.2. The number of carboxylic acids is 1. The number of aromatic nitrogens is 2. The minimum Gasteiger partial charge on any atom is -0.506 e. The van der Waals surface area contributed by atoms with E-state index in [0.717, 1.165) is 12.1 Å². The summed E-state index contributed by atoms with van der Waals surface area (Å²) in [4.78, 5) is 14.6. The molecule has 0 aliphatic carbocycles. The van der Waals surface area contributed by atoms with E-state index in [0.29, 0.717) is 6.54 Å². The zero-order valence-corrected chi connectivity index (χ0v) is 11.8. The van der Waals surface area contributed by atoms with Gasteiger partial charge in [-0.2, -0.15) is 8.42 Å². The number of hydrogen-bond acceptors (Lipinski definition) is 5. The minimum atomic E-state index is -4.00. The number of aromatic hydroxyl groups is 1. The van der Waals surface area contributed by atoms with Gasteiger partial charge in [-0.1, -0.05) is 0 Å². The molecule has 0 fully saturated rings. The third kappa shape index (κ3) is 3.14. The lowest BCUT2D eigenvalue weighted by atomic mass is 10.2. The van der Waals surface area contributed by atoms with E-state index in [1.807, 2.05) is 6.92 Å². The average molecular weight is 311 g/mol. The van der Waals surface area contributed by atoms with E-state index >= 15 is 0 Å². The van der Waals surface area contributed by atoms with Crippen LogP contribution in [0.4, 0.5) is 5.69 Å². The summed E-state index contributed by atoms with van der Waals surface area (Å²) in [6, 6.07) is 3.30. The Labute approximate surface area is 120 Å². The molecule has 1 heterocycles. The van der Waals surface area contributed by atoms with E-state index < -0.39 is 16.0 Å². The minimum absolute atomic E-state index is 0.149. The van der Waals surface area contributed by atoms with Gasteiger partial charge in [-0.15, -0.1) is 0 Å². The molecule has 8 nitrogen and oxygen atoms in total. The molecule has 9 heteroatoms. The first-order valence-electron chi connectivity index (χ1n) is 5.94. The van der Waals surface area contributed by atoms with Crippen molar-refractivity contribution in [2.75, 3.05) is 4.72 Å². The predicted molar refractivity (Wildman–Crippen MR) is 73.8 cm³/mol. The highest BCUT2D eigenvalue weighted by molar-refractivity contribution is 7.92. The number of sulfonamides is 1. The van der Waals surface area contributed by atoms with Gasteiger partial charge in [-0.05, 0) is 25.1 Å². The van der Waals surface area contributed by atoms with Crippen molar-refractivity contribution in [1.82, 2.24) is 9.55 Å². The molecule has 0 aliphatic heterocycles. The van der Waals surface area contributed by atoms with Crippen molar-refractivity contribution in [2.45, 2.75) is 18.5 Å². The summed E-state index contributed by atoms with van der Waals surface area (Å²) in [6.45, 7) is 2.38. The number of anilines is 1. The van der Waals surface area contributed by atoms with Gasteiger partial charge in [0, 0.05) is 12.7 Å². The Morgan fingerprint density at radius 3 is 2.71 bits per heavy atom. The Balaban J connectivity index is 2.36. The third-order valence-corrected chi connectivity index (χ3v) is 3.99. The number of nitrogens with zero attached hydrogens (tertiary/aromatic N) is 2. The molecule has 0 amide bonds. The van der Waals surface area contributed by atoms with Gasteiger partial charge in [0.1, 0.15) is 5.75 Å². The lowest BCUT2D eigenvalue weighted by Gasteiger charge is -2.08. The molecule has 0 saturated heterocycles. The van der Waals surface area contributed by atoms with Crippen LogP contribution in [0.1, 0.15) is 17.3 Å². The number of phenolic OH excluding ortho intramolecular Hbond substituents is 1. The number of imidazole rings is 1. The molecule has 0 unspecified atom stereocenters. The zero-order chi connectivity index (χ0) is 15.6. The van der Waals surface area contributed by atoms with Crippen LogP contribution in [0.15, 0.2) is 35.7 Å². The van der Waals surface area contributed by atoms with Gasteiger partial charge >= 0.3 is 5.97 Å². The van der Waals surface area contributed by atoms with E-state index in [1.165, 1.54) is 18.6 Å². The van der Waals surface area contributed by atoms with Gasteiger partial charge in [-0.3, -0.25) is 4.72 Å². The molecule has 0 spiro atoms. The van der Waals surface area contributed by atoms with E-state index in [2.05, 4.69) is 9.71 Å². The lowest BCUT2D eigenvalue weighted by molar-refractivity contribution is 0.0697. The lowest BCUT2D eigenvalue weighted by Crippen LogP contribution is -2.14. The van der Waals surface area contributed by atoms with Gasteiger partial charge in [-0.25, -0.2) is 9.78 Å². The van der Waals surface area contributed by atoms with Crippen LogP contribution in [0.25, 0.3) is 0 Å². The maximum Gasteiger partial charge on any atom is 0.335 e. The van der Waals surface area contributed by atoms with Gasteiger partial charge in [0.05, 0.1) is 17.6 Å². The first-order valence-corrected chi connectivity index (χ1v) is 7.42. The van der Waals surface area contributed by atoms with Gasteiger partial charge in [0.25, 0.3) is 10.0 Å². The smallest absolute Gasteiger partial charge is 0.335 e. The monoisotopic (exact) mass is 311 g/mol. The van der Waals surface area contributed by atoms with E-state index in [4.69, 9.17) is 5.11 Å². The van der Waals surface area contributed by atoms with Crippen molar-refractivity contribution in [1.29, 1.82) is 0 Å². The summed E-state index contributed by atoms with van der Waals surface area (Å²) in [5, 5.41) is 18.3. The molecule has 0 saturated carbocycles. The number of carbonyl (C=O) groups is 1. The SMILES string of the molecule is CCn1cnc(S(=O)(=O)Nc2cc(C(=O)O)ccc2O)c1. The maximum absolute atomic E-state index is 12.1. The highest BCUT2D eigenvalue weighted by Gasteiger charge is 2.20. The van der Waals surface area contributed by atoms with Gasteiger partial charge in [0.2, 0.25) is 0 Å². The van der Waals surface area contributed by atoms with Gasteiger partial charge in [0.15, 0.2) is 5.03 Å². The fourth-order valence-corrected chi connectivity index (χ4v) is 2.62. The molecule has 0 bridgehead atoms. The van der Waals surface area contributed by atoms with Crippen LogP contribution < -0.4 is 4.72 Å². The molecule has 0 aliphatic rings. The molecule has 0 atom stereocenters. The summed E-state index contributed by atoms with van der Waals surface area (Å²) in [6.07, 6.45) is 2.70. The number of nitrogens with one attached hydrogen (secondary N) is 1. The van der Waals surface area contributed by atoms with Crippen molar-refractivity contribution in [2.24, 2.45) is 0 Å². The number of benzene rings is 1. The van der Waals surface area contributed by atoms with Crippen LogP contribution in [0, 0.1) is 0 Å². The zero-order valence-electron chi connectivity index (χ0n) is 11.0. The number of aromatic carboxylic acids is 1. The Morgan fingerprint density at radius 1 is 1.43 bits per heavy atom. The number of carboxylic acid groups (broad SMARTS) is 1. The van der Waals surface area contributed by atoms with Crippen LogP contribution in [-0.4, -0.2) is 34.2 Å². The van der Waals surface area contributed by atoms with E-state index in [9.17, 15) is 18.3 Å². The van der Waals surface area contributed by atoms with Crippen LogP contribution in [0.5, 0.6) is 5.75 Å². The van der Waals surface area contributed by atoms with Gasteiger partial charge < -0.3 is 14.8 Å². The number of phenols is 1. The molecular weight excluding hydrogens is 298 g/mol. The molecule has 21 heavy (non-hydrogen) atoms. The van der Waals surface area contributed by atoms with Crippen molar-refractivity contribution in [3.63, 3.8) is 0 Å². The first kappa shape index (κ1) is 14.9. The Morgan fingerprint density at radius 2 is 2.14 bits per heavy atom. The second kappa shape index (κ2) is 5.44. The summed E-state index contributed by atoms with van der Waals surface area (Å²) >= 11 is 0. The normalized spacial score (nSPS) is 11.3. The van der Waals surface area contributed by atoms with Crippen LogP contribution >= 0.6 is 0 Å². The fourth-order valence-electron chi connectivity index (χ4n) is 1.60. The fraction of sp³-hybridized carbons (Fsp3) is 0.167. The summed E-state index contributed by atoms with van der Waals surface area (Å²) in [5.41, 5.74) is -0.370. The second-order valence-electron chi connectivity index (χ2n) is 4.18. The maximum atomic E-state index is 12.1. The van der Waals surface area contributed by atoms with Crippen molar-refractivity contribution in [3.05, 3.63) is 36.3 Å². The molecule has 112 valence electrons.